The molecule has 0 atom stereocenters. The monoisotopic (exact) mass is 449 g/mol. The maximum absolute atomic E-state index is 12.8. The van der Waals surface area contributed by atoms with Gasteiger partial charge in [0.2, 0.25) is 10.0 Å². The molecule has 0 amide bonds. The third-order valence-electron chi connectivity index (χ3n) is 6.24. The Bertz CT molecular complexity index is 809. The normalized spacial score (nSPS) is 20.2. The van der Waals surface area contributed by atoms with Crippen LogP contribution >= 0.6 is 0 Å². The Morgan fingerprint density at radius 2 is 1.71 bits per heavy atom. The van der Waals surface area contributed by atoms with E-state index in [2.05, 4.69) is 36.3 Å². The van der Waals surface area contributed by atoms with Crippen LogP contribution in [0.25, 0.3) is 0 Å². The number of likely N-dealkylation sites (tertiary alicyclic amines) is 1. The molecule has 7 nitrogen and oxygen atoms in total. The molecule has 1 aromatic rings. The second-order valence-corrected chi connectivity index (χ2v) is 10.8. The minimum Gasteiger partial charge on any atom is -0.357 e. The van der Waals surface area contributed by atoms with Crippen molar-refractivity contribution in [1.29, 1.82) is 0 Å². The fourth-order valence-electron chi connectivity index (χ4n) is 4.27. The summed E-state index contributed by atoms with van der Waals surface area (Å²) in [6.45, 7) is 11.4. The Balaban J connectivity index is 1.58. The van der Waals surface area contributed by atoms with E-state index >= 15 is 0 Å². The van der Waals surface area contributed by atoms with Gasteiger partial charge < -0.3 is 15.5 Å². The number of rotatable bonds is 7. The molecule has 31 heavy (non-hydrogen) atoms. The molecule has 0 saturated carbocycles. The Labute approximate surface area is 188 Å². The first-order valence-electron chi connectivity index (χ1n) is 11.8. The molecule has 2 fully saturated rings. The SMILES string of the molecule is CCNC(=NCc1ccc(S(=O)(=O)N2CCCCC2)cc1)NC1CCN(C(C)C)CC1. The van der Waals surface area contributed by atoms with Crippen LogP contribution in [0.5, 0.6) is 0 Å². The molecular formula is C23H39N5O2S. The van der Waals surface area contributed by atoms with Crippen molar-refractivity contribution in [3.63, 3.8) is 0 Å². The Morgan fingerprint density at radius 1 is 1.06 bits per heavy atom. The summed E-state index contributed by atoms with van der Waals surface area (Å²) in [5, 5.41) is 6.91. The van der Waals surface area contributed by atoms with Crippen molar-refractivity contribution < 1.29 is 8.42 Å². The van der Waals surface area contributed by atoms with E-state index in [9.17, 15) is 8.42 Å². The first kappa shape index (κ1) is 24.0. The van der Waals surface area contributed by atoms with Crippen molar-refractivity contribution in [3.8, 4) is 0 Å². The van der Waals surface area contributed by atoms with Gasteiger partial charge in [-0.1, -0.05) is 18.6 Å². The topological polar surface area (TPSA) is 77.0 Å². The zero-order chi connectivity index (χ0) is 22.3. The van der Waals surface area contributed by atoms with Crippen LogP contribution in [0.3, 0.4) is 0 Å². The molecule has 3 rings (SSSR count). The van der Waals surface area contributed by atoms with E-state index in [1.807, 2.05) is 12.1 Å². The van der Waals surface area contributed by atoms with Gasteiger partial charge in [-0.15, -0.1) is 0 Å². The number of nitrogens with zero attached hydrogens (tertiary/aromatic N) is 3. The van der Waals surface area contributed by atoms with E-state index in [4.69, 9.17) is 4.99 Å². The summed E-state index contributed by atoms with van der Waals surface area (Å²) in [6, 6.07) is 8.23. The Kier molecular flexibility index (Phi) is 8.75. The minimum atomic E-state index is -3.38. The van der Waals surface area contributed by atoms with Gasteiger partial charge in [0.15, 0.2) is 5.96 Å². The molecule has 0 spiro atoms. The van der Waals surface area contributed by atoms with Crippen LogP contribution in [-0.2, 0) is 16.6 Å². The van der Waals surface area contributed by atoms with Gasteiger partial charge >= 0.3 is 0 Å². The summed E-state index contributed by atoms with van der Waals surface area (Å²) in [4.78, 5) is 7.63. The van der Waals surface area contributed by atoms with E-state index < -0.39 is 10.0 Å². The van der Waals surface area contributed by atoms with Crippen LogP contribution in [0.1, 0.15) is 58.4 Å². The smallest absolute Gasteiger partial charge is 0.243 e. The van der Waals surface area contributed by atoms with E-state index in [1.54, 1.807) is 16.4 Å². The standard InChI is InChI=1S/C23H39N5O2S/c1-4-24-23(26-21-12-16-27(17-13-21)19(2)3)25-18-20-8-10-22(11-9-20)31(29,30)28-14-6-5-7-15-28/h8-11,19,21H,4-7,12-18H2,1-3H3,(H2,24,25,26). The zero-order valence-corrected chi connectivity index (χ0v) is 20.1. The lowest BCUT2D eigenvalue weighted by Gasteiger charge is -2.35. The summed E-state index contributed by atoms with van der Waals surface area (Å²) in [5.41, 5.74) is 1.00. The summed E-state index contributed by atoms with van der Waals surface area (Å²) < 4.78 is 27.2. The molecule has 0 aliphatic carbocycles. The average Bonchev–Trinajstić information content (AvgIpc) is 2.79. The number of nitrogens with one attached hydrogen (secondary N) is 2. The number of hydrogen-bond acceptors (Lipinski definition) is 4. The number of sulfonamides is 1. The fourth-order valence-corrected chi connectivity index (χ4v) is 5.78. The van der Waals surface area contributed by atoms with Crippen molar-refractivity contribution in [2.75, 3.05) is 32.7 Å². The van der Waals surface area contributed by atoms with Gasteiger partial charge in [-0.25, -0.2) is 13.4 Å². The molecule has 0 unspecified atom stereocenters. The molecule has 1 aromatic carbocycles. The summed E-state index contributed by atoms with van der Waals surface area (Å²) >= 11 is 0. The molecular weight excluding hydrogens is 410 g/mol. The maximum Gasteiger partial charge on any atom is 0.243 e. The van der Waals surface area contributed by atoms with Crippen molar-refractivity contribution in [3.05, 3.63) is 29.8 Å². The quantitative estimate of drug-likeness (QED) is 0.494. The first-order chi connectivity index (χ1) is 14.9. The maximum atomic E-state index is 12.8. The van der Waals surface area contributed by atoms with Crippen LogP contribution < -0.4 is 10.6 Å². The molecule has 2 aliphatic heterocycles. The average molecular weight is 450 g/mol. The Hall–Kier alpha value is -1.64. The van der Waals surface area contributed by atoms with Crippen LogP contribution in [0.4, 0.5) is 0 Å². The fraction of sp³-hybridized carbons (Fsp3) is 0.696. The highest BCUT2D eigenvalue weighted by molar-refractivity contribution is 7.89. The zero-order valence-electron chi connectivity index (χ0n) is 19.3. The predicted molar refractivity (Wildman–Crippen MR) is 127 cm³/mol. The van der Waals surface area contributed by atoms with E-state index in [1.165, 1.54) is 0 Å². The molecule has 0 radical (unpaired) electrons. The highest BCUT2D eigenvalue weighted by Gasteiger charge is 2.25. The van der Waals surface area contributed by atoms with E-state index in [0.29, 0.717) is 36.6 Å². The molecule has 2 aliphatic rings. The molecule has 2 saturated heterocycles. The molecule has 2 heterocycles. The molecule has 8 heteroatoms. The van der Waals surface area contributed by atoms with Crippen LogP contribution in [0.15, 0.2) is 34.2 Å². The van der Waals surface area contributed by atoms with E-state index in [0.717, 1.165) is 63.3 Å². The summed E-state index contributed by atoms with van der Waals surface area (Å²) in [6.07, 6.45) is 5.24. The number of guanidine groups is 1. The second kappa shape index (κ2) is 11.3. The largest absolute Gasteiger partial charge is 0.357 e. The van der Waals surface area contributed by atoms with Gasteiger partial charge in [0.25, 0.3) is 0 Å². The third kappa shape index (κ3) is 6.67. The lowest BCUT2D eigenvalue weighted by atomic mass is 10.0. The van der Waals surface area contributed by atoms with Gasteiger partial charge in [0.05, 0.1) is 11.4 Å². The van der Waals surface area contributed by atoms with Crippen molar-refractivity contribution in [1.82, 2.24) is 19.8 Å². The van der Waals surface area contributed by atoms with Crippen LogP contribution in [0.2, 0.25) is 0 Å². The van der Waals surface area contributed by atoms with Gasteiger partial charge in [-0.05, 0) is 64.2 Å². The number of aliphatic imine (C=N–C) groups is 1. The lowest BCUT2D eigenvalue weighted by molar-refractivity contribution is 0.167. The summed E-state index contributed by atoms with van der Waals surface area (Å²) in [5.74, 6) is 0.829. The van der Waals surface area contributed by atoms with E-state index in [-0.39, 0.29) is 0 Å². The van der Waals surface area contributed by atoms with Gasteiger partial charge in [-0.2, -0.15) is 4.31 Å². The molecule has 2 N–H and O–H groups in total. The van der Waals surface area contributed by atoms with Gasteiger partial charge in [-0.3, -0.25) is 0 Å². The van der Waals surface area contributed by atoms with Crippen LogP contribution in [0, 0.1) is 0 Å². The number of hydrogen-bond donors (Lipinski definition) is 2. The number of benzene rings is 1. The first-order valence-corrected chi connectivity index (χ1v) is 13.2. The summed E-state index contributed by atoms with van der Waals surface area (Å²) in [7, 11) is -3.38. The second-order valence-electron chi connectivity index (χ2n) is 8.85. The third-order valence-corrected chi connectivity index (χ3v) is 8.15. The molecule has 174 valence electrons. The van der Waals surface area contributed by atoms with Crippen molar-refractivity contribution >= 4 is 16.0 Å². The predicted octanol–water partition coefficient (Wildman–Crippen LogP) is 2.79. The highest BCUT2D eigenvalue weighted by atomic mass is 32.2. The highest BCUT2D eigenvalue weighted by Crippen LogP contribution is 2.21. The number of piperidine rings is 2. The lowest BCUT2D eigenvalue weighted by Crippen LogP contribution is -2.49. The van der Waals surface area contributed by atoms with Gasteiger partial charge in [0, 0.05) is 44.8 Å². The van der Waals surface area contributed by atoms with Crippen LogP contribution in [-0.4, -0.2) is 68.4 Å². The Morgan fingerprint density at radius 3 is 2.29 bits per heavy atom. The van der Waals surface area contributed by atoms with Crippen molar-refractivity contribution in [2.24, 2.45) is 4.99 Å². The minimum absolute atomic E-state index is 0.379. The molecule has 0 bridgehead atoms. The molecule has 0 aromatic heterocycles. The van der Waals surface area contributed by atoms with Crippen molar-refractivity contribution in [2.45, 2.75) is 76.4 Å². The van der Waals surface area contributed by atoms with Gasteiger partial charge in [0.1, 0.15) is 0 Å².